The third-order valence-electron chi connectivity index (χ3n) is 4.21. The number of carbonyl (C=O) groups excluding carboxylic acids is 2. The van der Waals surface area contributed by atoms with Crippen molar-refractivity contribution in [2.75, 3.05) is 23.7 Å². The van der Waals surface area contributed by atoms with Gasteiger partial charge in [0.25, 0.3) is 0 Å². The molecule has 27 heavy (non-hydrogen) atoms. The standard InChI is InChI=1S/C21H26FN3O2/c1-3-13-25(16(2)21(27)24-18-9-5-4-6-10-18)14-12-20(26)23-19-11-7-8-17(22)15-19/h4-11,15-16H,3,12-14H2,1-2H3,(H,23,26)(H,24,27). The topological polar surface area (TPSA) is 61.4 Å². The second-order valence-corrected chi connectivity index (χ2v) is 6.38. The molecule has 0 saturated carbocycles. The van der Waals surface area contributed by atoms with E-state index in [1.807, 2.05) is 49.1 Å². The Balaban J connectivity index is 1.89. The van der Waals surface area contributed by atoms with Crippen molar-refractivity contribution in [1.29, 1.82) is 0 Å². The molecule has 0 spiro atoms. The van der Waals surface area contributed by atoms with Crippen LogP contribution in [0.15, 0.2) is 54.6 Å². The molecular weight excluding hydrogens is 345 g/mol. The molecule has 2 rings (SSSR count). The maximum absolute atomic E-state index is 13.2. The predicted molar refractivity (Wildman–Crippen MR) is 106 cm³/mol. The molecule has 0 radical (unpaired) electrons. The number of para-hydroxylation sites is 1. The SMILES string of the molecule is CCCN(CCC(=O)Nc1cccc(F)c1)C(C)C(=O)Nc1ccccc1. The Morgan fingerprint density at radius 1 is 1.00 bits per heavy atom. The van der Waals surface area contributed by atoms with Crippen molar-refractivity contribution in [2.24, 2.45) is 0 Å². The largest absolute Gasteiger partial charge is 0.326 e. The number of hydrogen-bond acceptors (Lipinski definition) is 3. The zero-order valence-electron chi connectivity index (χ0n) is 15.7. The van der Waals surface area contributed by atoms with Gasteiger partial charge in [-0.3, -0.25) is 14.5 Å². The minimum absolute atomic E-state index is 0.111. The Hall–Kier alpha value is -2.73. The Kier molecular flexibility index (Phi) is 7.95. The van der Waals surface area contributed by atoms with Gasteiger partial charge in [0.1, 0.15) is 5.82 Å². The number of rotatable bonds is 9. The molecule has 1 atom stereocenters. The molecule has 0 fully saturated rings. The van der Waals surface area contributed by atoms with E-state index < -0.39 is 5.82 Å². The highest BCUT2D eigenvalue weighted by atomic mass is 19.1. The van der Waals surface area contributed by atoms with Crippen LogP contribution in [0, 0.1) is 5.82 Å². The first-order chi connectivity index (χ1) is 13.0. The molecule has 5 nitrogen and oxygen atoms in total. The van der Waals surface area contributed by atoms with Crippen LogP contribution >= 0.6 is 0 Å². The first kappa shape index (κ1) is 20.6. The van der Waals surface area contributed by atoms with Gasteiger partial charge in [0, 0.05) is 24.3 Å². The molecule has 2 amide bonds. The second-order valence-electron chi connectivity index (χ2n) is 6.38. The number of anilines is 2. The van der Waals surface area contributed by atoms with Crippen LogP contribution in [0.5, 0.6) is 0 Å². The molecule has 2 N–H and O–H groups in total. The summed E-state index contributed by atoms with van der Waals surface area (Å²) >= 11 is 0. The molecule has 0 aromatic heterocycles. The van der Waals surface area contributed by atoms with Gasteiger partial charge < -0.3 is 10.6 Å². The first-order valence-electron chi connectivity index (χ1n) is 9.15. The van der Waals surface area contributed by atoms with Gasteiger partial charge in [0.15, 0.2) is 0 Å². The maximum atomic E-state index is 13.2. The number of halogens is 1. The van der Waals surface area contributed by atoms with Crippen molar-refractivity contribution in [3.63, 3.8) is 0 Å². The molecular formula is C21H26FN3O2. The molecule has 0 aliphatic heterocycles. The van der Waals surface area contributed by atoms with E-state index >= 15 is 0 Å². The van der Waals surface area contributed by atoms with Gasteiger partial charge in [-0.25, -0.2) is 4.39 Å². The number of nitrogens with zero attached hydrogens (tertiary/aromatic N) is 1. The summed E-state index contributed by atoms with van der Waals surface area (Å²) in [6.07, 6.45) is 1.09. The number of nitrogens with one attached hydrogen (secondary N) is 2. The lowest BCUT2D eigenvalue weighted by Gasteiger charge is -2.27. The predicted octanol–water partition coefficient (Wildman–Crippen LogP) is 3.89. The molecule has 0 heterocycles. The molecule has 0 aliphatic rings. The van der Waals surface area contributed by atoms with Crippen LogP contribution in [0.2, 0.25) is 0 Å². The average molecular weight is 371 g/mol. The minimum atomic E-state index is -0.397. The number of amides is 2. The van der Waals surface area contributed by atoms with Crippen molar-refractivity contribution in [1.82, 2.24) is 4.90 Å². The van der Waals surface area contributed by atoms with E-state index in [0.717, 1.165) is 12.1 Å². The van der Waals surface area contributed by atoms with E-state index in [1.165, 1.54) is 12.1 Å². The van der Waals surface area contributed by atoms with Crippen LogP contribution < -0.4 is 10.6 Å². The van der Waals surface area contributed by atoms with E-state index in [1.54, 1.807) is 12.1 Å². The maximum Gasteiger partial charge on any atom is 0.241 e. The third kappa shape index (κ3) is 6.83. The zero-order valence-corrected chi connectivity index (χ0v) is 15.7. The fraction of sp³-hybridized carbons (Fsp3) is 0.333. The fourth-order valence-corrected chi connectivity index (χ4v) is 2.76. The lowest BCUT2D eigenvalue weighted by Crippen LogP contribution is -2.43. The first-order valence-corrected chi connectivity index (χ1v) is 9.15. The normalized spacial score (nSPS) is 11.9. The summed E-state index contributed by atoms with van der Waals surface area (Å²) in [4.78, 5) is 26.6. The molecule has 2 aromatic rings. The Morgan fingerprint density at radius 3 is 2.37 bits per heavy atom. The van der Waals surface area contributed by atoms with Gasteiger partial charge in [-0.1, -0.05) is 31.2 Å². The zero-order chi connectivity index (χ0) is 19.6. The van der Waals surface area contributed by atoms with Crippen LogP contribution in [0.4, 0.5) is 15.8 Å². The lowest BCUT2D eigenvalue weighted by atomic mass is 10.2. The van der Waals surface area contributed by atoms with E-state index in [4.69, 9.17) is 0 Å². The summed E-state index contributed by atoms with van der Waals surface area (Å²) in [5.41, 5.74) is 1.17. The van der Waals surface area contributed by atoms with E-state index in [9.17, 15) is 14.0 Å². The monoisotopic (exact) mass is 371 g/mol. The summed E-state index contributed by atoms with van der Waals surface area (Å²) < 4.78 is 13.2. The van der Waals surface area contributed by atoms with E-state index in [2.05, 4.69) is 10.6 Å². The molecule has 2 aromatic carbocycles. The van der Waals surface area contributed by atoms with Crippen molar-refractivity contribution in [2.45, 2.75) is 32.7 Å². The number of carbonyl (C=O) groups is 2. The Bertz CT molecular complexity index is 752. The number of hydrogen-bond donors (Lipinski definition) is 2. The van der Waals surface area contributed by atoms with Gasteiger partial charge in [-0.15, -0.1) is 0 Å². The van der Waals surface area contributed by atoms with Crippen LogP contribution in [0.1, 0.15) is 26.7 Å². The van der Waals surface area contributed by atoms with Gasteiger partial charge in [0.2, 0.25) is 11.8 Å². The summed E-state index contributed by atoms with van der Waals surface area (Å²) in [7, 11) is 0. The molecule has 1 unspecified atom stereocenters. The summed E-state index contributed by atoms with van der Waals surface area (Å²) in [6, 6.07) is 14.7. The van der Waals surface area contributed by atoms with Gasteiger partial charge >= 0.3 is 0 Å². The quantitative estimate of drug-likeness (QED) is 0.703. The van der Waals surface area contributed by atoms with Gasteiger partial charge in [0.05, 0.1) is 6.04 Å². The minimum Gasteiger partial charge on any atom is -0.326 e. The second kappa shape index (κ2) is 10.4. The highest BCUT2D eigenvalue weighted by Crippen LogP contribution is 2.11. The molecule has 0 bridgehead atoms. The molecule has 0 aliphatic carbocycles. The van der Waals surface area contributed by atoms with Gasteiger partial charge in [-0.05, 0) is 50.2 Å². The van der Waals surface area contributed by atoms with Gasteiger partial charge in [-0.2, -0.15) is 0 Å². The average Bonchev–Trinajstić information content (AvgIpc) is 2.65. The van der Waals surface area contributed by atoms with Crippen molar-refractivity contribution >= 4 is 23.2 Å². The van der Waals surface area contributed by atoms with E-state index in [0.29, 0.717) is 18.8 Å². The van der Waals surface area contributed by atoms with Crippen LogP contribution in [-0.4, -0.2) is 35.8 Å². The summed E-state index contributed by atoms with van der Waals surface area (Å²) in [6.45, 7) is 5.01. The smallest absolute Gasteiger partial charge is 0.241 e. The Morgan fingerprint density at radius 2 is 1.70 bits per heavy atom. The van der Waals surface area contributed by atoms with Crippen molar-refractivity contribution in [3.05, 3.63) is 60.4 Å². The summed E-state index contributed by atoms with van der Waals surface area (Å²) in [5, 5.41) is 5.57. The molecule has 144 valence electrons. The lowest BCUT2D eigenvalue weighted by molar-refractivity contribution is -0.122. The van der Waals surface area contributed by atoms with Crippen LogP contribution in [0.25, 0.3) is 0 Å². The highest BCUT2D eigenvalue weighted by molar-refractivity contribution is 5.94. The Labute approximate surface area is 159 Å². The summed E-state index contributed by atoms with van der Waals surface area (Å²) in [5.74, 6) is -0.718. The molecule has 0 saturated heterocycles. The third-order valence-corrected chi connectivity index (χ3v) is 4.21. The fourth-order valence-electron chi connectivity index (χ4n) is 2.76. The number of benzene rings is 2. The van der Waals surface area contributed by atoms with Crippen LogP contribution in [0.3, 0.4) is 0 Å². The van der Waals surface area contributed by atoms with Crippen molar-refractivity contribution < 1.29 is 14.0 Å². The highest BCUT2D eigenvalue weighted by Gasteiger charge is 2.21. The van der Waals surface area contributed by atoms with Crippen LogP contribution in [-0.2, 0) is 9.59 Å². The van der Waals surface area contributed by atoms with Crippen molar-refractivity contribution in [3.8, 4) is 0 Å². The molecule has 6 heteroatoms. The van der Waals surface area contributed by atoms with E-state index in [-0.39, 0.29) is 24.3 Å².